The summed E-state index contributed by atoms with van der Waals surface area (Å²) >= 11 is 0. The molecule has 5 aromatic rings. The van der Waals surface area contributed by atoms with Crippen LogP contribution in [0.15, 0.2) is 83.9 Å². The lowest BCUT2D eigenvalue weighted by Crippen LogP contribution is -2.13. The highest BCUT2D eigenvalue weighted by atomic mass is 16.5. The molecule has 0 saturated carbocycles. The SMILES string of the molecule is CCc1cc2ccccc2nc1-c1ccc(COc2nn(C)cc2-c2ccc(=O)n(C)c2)cc1. The first kappa shape index (κ1) is 21.6. The lowest BCUT2D eigenvalue weighted by molar-refractivity contribution is 0.292. The third-order valence-corrected chi connectivity index (χ3v) is 5.98. The van der Waals surface area contributed by atoms with E-state index < -0.39 is 0 Å². The number of nitrogens with zero attached hydrogens (tertiary/aromatic N) is 4. The molecule has 0 spiro atoms. The smallest absolute Gasteiger partial charge is 0.250 e. The van der Waals surface area contributed by atoms with E-state index in [1.807, 2.05) is 25.4 Å². The van der Waals surface area contributed by atoms with Crippen molar-refractivity contribution < 1.29 is 4.74 Å². The molecule has 0 aliphatic carbocycles. The Balaban J connectivity index is 1.38. The second kappa shape index (κ2) is 8.98. The Morgan fingerprint density at radius 3 is 2.44 bits per heavy atom. The van der Waals surface area contributed by atoms with Crippen molar-refractivity contribution >= 4 is 10.9 Å². The largest absolute Gasteiger partial charge is 0.471 e. The van der Waals surface area contributed by atoms with Crippen LogP contribution in [0.4, 0.5) is 0 Å². The Bertz CT molecular complexity index is 1530. The fourth-order valence-corrected chi connectivity index (χ4v) is 4.12. The molecule has 2 aromatic carbocycles. The molecule has 0 atom stereocenters. The normalized spacial score (nSPS) is 11.1. The van der Waals surface area contributed by atoms with Crippen LogP contribution in [0.5, 0.6) is 5.88 Å². The molecule has 0 bridgehead atoms. The van der Waals surface area contributed by atoms with Crippen LogP contribution in [0.3, 0.4) is 0 Å². The van der Waals surface area contributed by atoms with E-state index in [4.69, 9.17) is 9.72 Å². The standard InChI is InChI=1S/C28H26N4O2/c1-4-20-15-22-7-5-6-8-25(22)29-27(20)21-11-9-19(10-12-21)18-34-28-24(17-32(3)30-28)23-13-14-26(33)31(2)16-23/h5-17H,4,18H2,1-3H3. The van der Waals surface area contributed by atoms with Crippen molar-refractivity contribution in [1.82, 2.24) is 19.3 Å². The van der Waals surface area contributed by atoms with Crippen LogP contribution in [0.2, 0.25) is 0 Å². The van der Waals surface area contributed by atoms with Gasteiger partial charge in [0.2, 0.25) is 11.4 Å². The number of pyridine rings is 2. The Hall–Kier alpha value is -4.19. The number of para-hydroxylation sites is 1. The monoisotopic (exact) mass is 450 g/mol. The number of aromatic nitrogens is 4. The third kappa shape index (κ3) is 4.22. The van der Waals surface area contributed by atoms with Crippen molar-refractivity contribution in [2.75, 3.05) is 0 Å². The van der Waals surface area contributed by atoms with Crippen LogP contribution < -0.4 is 10.3 Å². The van der Waals surface area contributed by atoms with E-state index in [0.29, 0.717) is 12.5 Å². The van der Waals surface area contributed by atoms with Gasteiger partial charge < -0.3 is 9.30 Å². The molecule has 0 amide bonds. The lowest BCUT2D eigenvalue weighted by atomic mass is 10.0. The zero-order chi connectivity index (χ0) is 23.7. The molecular formula is C28H26N4O2. The van der Waals surface area contributed by atoms with Gasteiger partial charge in [0.15, 0.2) is 0 Å². The van der Waals surface area contributed by atoms with Crippen molar-refractivity contribution in [3.8, 4) is 28.3 Å². The molecule has 3 aromatic heterocycles. The van der Waals surface area contributed by atoms with E-state index in [9.17, 15) is 4.79 Å². The van der Waals surface area contributed by atoms with Crippen molar-refractivity contribution in [2.24, 2.45) is 14.1 Å². The molecule has 0 aliphatic rings. The molecule has 5 rings (SSSR count). The molecule has 0 aliphatic heterocycles. The van der Waals surface area contributed by atoms with Crippen LogP contribution >= 0.6 is 0 Å². The van der Waals surface area contributed by atoms with E-state index in [1.165, 1.54) is 5.56 Å². The van der Waals surface area contributed by atoms with E-state index >= 15 is 0 Å². The van der Waals surface area contributed by atoms with Gasteiger partial charge in [-0.05, 0) is 35.7 Å². The summed E-state index contributed by atoms with van der Waals surface area (Å²) in [5.74, 6) is 0.537. The molecule has 6 heteroatoms. The van der Waals surface area contributed by atoms with Gasteiger partial charge in [0.25, 0.3) is 0 Å². The number of hydrogen-bond donors (Lipinski definition) is 0. The Labute approximate surface area is 198 Å². The lowest BCUT2D eigenvalue weighted by Gasteiger charge is -2.11. The van der Waals surface area contributed by atoms with Crippen molar-refractivity contribution in [1.29, 1.82) is 0 Å². The zero-order valence-corrected chi connectivity index (χ0v) is 19.5. The van der Waals surface area contributed by atoms with E-state index in [1.54, 1.807) is 34.6 Å². The van der Waals surface area contributed by atoms with Crippen LogP contribution in [0, 0.1) is 0 Å². The predicted molar refractivity (Wildman–Crippen MR) is 135 cm³/mol. The number of benzene rings is 2. The minimum atomic E-state index is -0.0534. The summed E-state index contributed by atoms with van der Waals surface area (Å²) in [4.78, 5) is 16.7. The van der Waals surface area contributed by atoms with Gasteiger partial charge in [0.05, 0.1) is 16.8 Å². The van der Waals surface area contributed by atoms with Gasteiger partial charge >= 0.3 is 0 Å². The summed E-state index contributed by atoms with van der Waals surface area (Å²) in [6.07, 6.45) is 4.62. The highest BCUT2D eigenvalue weighted by Crippen LogP contribution is 2.29. The van der Waals surface area contributed by atoms with Gasteiger partial charge in [0, 0.05) is 49.1 Å². The quantitative estimate of drug-likeness (QED) is 0.359. The summed E-state index contributed by atoms with van der Waals surface area (Å²) in [5.41, 5.74) is 7.08. The number of ether oxygens (including phenoxy) is 1. The molecule has 0 radical (unpaired) electrons. The van der Waals surface area contributed by atoms with Crippen LogP contribution in [0.1, 0.15) is 18.1 Å². The predicted octanol–water partition coefficient (Wildman–Crippen LogP) is 5.14. The summed E-state index contributed by atoms with van der Waals surface area (Å²) in [6.45, 7) is 2.55. The van der Waals surface area contributed by atoms with Crippen LogP contribution in [-0.4, -0.2) is 19.3 Å². The maximum atomic E-state index is 11.7. The maximum absolute atomic E-state index is 11.7. The van der Waals surface area contributed by atoms with Gasteiger partial charge in [-0.25, -0.2) is 4.98 Å². The molecule has 34 heavy (non-hydrogen) atoms. The molecule has 0 fully saturated rings. The minimum absolute atomic E-state index is 0.0534. The Morgan fingerprint density at radius 2 is 1.68 bits per heavy atom. The average molecular weight is 451 g/mol. The fraction of sp³-hybridized carbons (Fsp3) is 0.179. The number of hydrogen-bond acceptors (Lipinski definition) is 4. The topological polar surface area (TPSA) is 61.9 Å². The molecule has 0 N–H and O–H groups in total. The highest BCUT2D eigenvalue weighted by molar-refractivity contribution is 5.83. The Kier molecular flexibility index (Phi) is 5.72. The van der Waals surface area contributed by atoms with E-state index in [-0.39, 0.29) is 5.56 Å². The summed E-state index contributed by atoms with van der Waals surface area (Å²) < 4.78 is 9.35. The summed E-state index contributed by atoms with van der Waals surface area (Å²) in [5, 5.41) is 5.63. The Morgan fingerprint density at radius 1 is 0.912 bits per heavy atom. The molecule has 6 nitrogen and oxygen atoms in total. The maximum Gasteiger partial charge on any atom is 0.250 e. The van der Waals surface area contributed by atoms with Gasteiger partial charge in [-0.1, -0.05) is 49.4 Å². The average Bonchev–Trinajstić information content (AvgIpc) is 3.24. The molecule has 0 unspecified atom stereocenters. The first-order chi connectivity index (χ1) is 16.5. The van der Waals surface area contributed by atoms with Gasteiger partial charge in [-0.2, -0.15) is 0 Å². The first-order valence-electron chi connectivity index (χ1n) is 11.3. The third-order valence-electron chi connectivity index (χ3n) is 5.98. The highest BCUT2D eigenvalue weighted by Gasteiger charge is 2.13. The van der Waals surface area contributed by atoms with Gasteiger partial charge in [-0.15, -0.1) is 5.10 Å². The van der Waals surface area contributed by atoms with Crippen molar-refractivity contribution in [3.63, 3.8) is 0 Å². The zero-order valence-electron chi connectivity index (χ0n) is 19.5. The summed E-state index contributed by atoms with van der Waals surface area (Å²) in [6, 6.07) is 22.1. The molecule has 170 valence electrons. The number of fused-ring (bicyclic) bond motifs is 1. The second-order valence-electron chi connectivity index (χ2n) is 8.42. The second-order valence-corrected chi connectivity index (χ2v) is 8.42. The molecule has 0 saturated heterocycles. The fourth-order valence-electron chi connectivity index (χ4n) is 4.12. The van der Waals surface area contributed by atoms with Crippen molar-refractivity contribution in [3.05, 3.63) is 101 Å². The van der Waals surface area contributed by atoms with E-state index in [2.05, 4.69) is 54.5 Å². The number of rotatable bonds is 6. The van der Waals surface area contributed by atoms with Gasteiger partial charge in [-0.3, -0.25) is 9.48 Å². The minimum Gasteiger partial charge on any atom is -0.471 e. The molecular weight excluding hydrogens is 424 g/mol. The van der Waals surface area contributed by atoms with Crippen LogP contribution in [-0.2, 0) is 27.1 Å². The summed E-state index contributed by atoms with van der Waals surface area (Å²) in [7, 11) is 3.59. The first-order valence-corrected chi connectivity index (χ1v) is 11.3. The number of aryl methyl sites for hydroxylation is 3. The molecule has 3 heterocycles. The van der Waals surface area contributed by atoms with Crippen LogP contribution in [0.25, 0.3) is 33.3 Å². The van der Waals surface area contributed by atoms with E-state index in [0.717, 1.165) is 45.3 Å². The van der Waals surface area contributed by atoms with Crippen molar-refractivity contribution in [2.45, 2.75) is 20.0 Å². The van der Waals surface area contributed by atoms with Gasteiger partial charge in [0.1, 0.15) is 6.61 Å².